The average molecular weight is 346 g/mol. The fraction of sp³-hybridized carbons (Fsp3) is 0.722. The van der Waals surface area contributed by atoms with Crippen LogP contribution in [0.3, 0.4) is 0 Å². The van der Waals surface area contributed by atoms with Gasteiger partial charge in [0.25, 0.3) is 0 Å². The van der Waals surface area contributed by atoms with Crippen LogP contribution < -0.4 is 4.90 Å². The number of aliphatic hydroxyl groups excluding tert-OH is 1. The van der Waals surface area contributed by atoms with Gasteiger partial charge in [-0.3, -0.25) is 4.79 Å². The van der Waals surface area contributed by atoms with Gasteiger partial charge in [0.2, 0.25) is 5.91 Å². The molecule has 3 fully saturated rings. The van der Waals surface area contributed by atoms with Crippen molar-refractivity contribution in [2.24, 2.45) is 5.41 Å². The summed E-state index contributed by atoms with van der Waals surface area (Å²) in [5.41, 5.74) is 0.742. The number of hydrogen-bond acceptors (Lipinski definition) is 6. The van der Waals surface area contributed by atoms with Crippen molar-refractivity contribution < 1.29 is 14.6 Å². The van der Waals surface area contributed by atoms with Crippen LogP contribution in [0.15, 0.2) is 12.4 Å². The molecule has 0 aromatic carbocycles. The maximum absolute atomic E-state index is 12.9. The number of amides is 1. The Balaban J connectivity index is 1.46. The van der Waals surface area contributed by atoms with E-state index in [1.54, 1.807) is 18.3 Å². The maximum atomic E-state index is 12.9. The first-order valence-corrected chi connectivity index (χ1v) is 9.14. The number of aromatic nitrogens is 2. The number of β-amino-alcohol motifs (C(OH)–C–C–N with tert-alkyl or cyclic N) is 1. The fourth-order valence-corrected chi connectivity index (χ4v) is 3.70. The summed E-state index contributed by atoms with van der Waals surface area (Å²) in [7, 11) is 1.64. The number of carbonyl (C=O) groups is 1. The highest BCUT2D eigenvalue weighted by atomic mass is 16.5. The number of carbonyl (C=O) groups excluding carboxylic acids is 1. The third-order valence-corrected chi connectivity index (χ3v) is 5.51. The second-order valence-corrected chi connectivity index (χ2v) is 7.64. The summed E-state index contributed by atoms with van der Waals surface area (Å²) in [6.45, 7) is 2.61. The van der Waals surface area contributed by atoms with Gasteiger partial charge in [0.05, 0.1) is 18.1 Å². The Bertz CT molecular complexity index is 645. The third-order valence-electron chi connectivity index (χ3n) is 5.51. The van der Waals surface area contributed by atoms with Crippen LogP contribution in [0.1, 0.15) is 37.3 Å². The third kappa shape index (κ3) is 3.48. The van der Waals surface area contributed by atoms with Crippen LogP contribution in [0.5, 0.6) is 0 Å². The van der Waals surface area contributed by atoms with Crippen LogP contribution in [0.2, 0.25) is 0 Å². The highest BCUT2D eigenvalue weighted by molar-refractivity contribution is 5.85. The Hall–Kier alpha value is -1.73. The molecule has 7 heteroatoms. The second-order valence-electron chi connectivity index (χ2n) is 7.64. The average Bonchev–Trinajstić information content (AvgIpc) is 3.48. The van der Waals surface area contributed by atoms with Gasteiger partial charge in [-0.2, -0.15) is 0 Å². The molecule has 25 heavy (non-hydrogen) atoms. The van der Waals surface area contributed by atoms with Gasteiger partial charge in [0.15, 0.2) is 0 Å². The molecule has 1 amide bonds. The number of nitrogens with zero attached hydrogens (tertiary/aromatic N) is 4. The van der Waals surface area contributed by atoms with Gasteiger partial charge >= 0.3 is 0 Å². The molecule has 2 aliphatic carbocycles. The van der Waals surface area contributed by atoms with E-state index in [0.717, 1.165) is 24.4 Å². The lowest BCUT2D eigenvalue weighted by Crippen LogP contribution is -2.43. The lowest BCUT2D eigenvalue weighted by molar-refractivity contribution is -0.139. The number of anilines is 1. The fourth-order valence-electron chi connectivity index (χ4n) is 3.70. The van der Waals surface area contributed by atoms with Gasteiger partial charge in [-0.25, -0.2) is 9.97 Å². The lowest BCUT2D eigenvalue weighted by atomic mass is 10.1. The van der Waals surface area contributed by atoms with Crippen molar-refractivity contribution in [2.45, 2.75) is 37.7 Å². The molecule has 1 atom stereocenters. The van der Waals surface area contributed by atoms with Crippen molar-refractivity contribution in [3.8, 4) is 0 Å². The highest BCUT2D eigenvalue weighted by Crippen LogP contribution is 2.47. The molecule has 0 bridgehead atoms. The first kappa shape index (κ1) is 16.7. The van der Waals surface area contributed by atoms with Crippen LogP contribution >= 0.6 is 0 Å². The topological polar surface area (TPSA) is 78.8 Å². The first-order valence-electron chi connectivity index (χ1n) is 9.14. The number of ether oxygens (including phenoxy) is 1. The van der Waals surface area contributed by atoms with Crippen molar-refractivity contribution in [3.05, 3.63) is 18.1 Å². The molecule has 1 aromatic heterocycles. The Morgan fingerprint density at radius 1 is 1.32 bits per heavy atom. The van der Waals surface area contributed by atoms with Gasteiger partial charge in [-0.05, 0) is 25.7 Å². The Morgan fingerprint density at radius 2 is 2.12 bits per heavy atom. The summed E-state index contributed by atoms with van der Waals surface area (Å²) >= 11 is 0. The summed E-state index contributed by atoms with van der Waals surface area (Å²) in [6.07, 6.45) is 5.19. The van der Waals surface area contributed by atoms with E-state index in [1.807, 2.05) is 6.07 Å². The lowest BCUT2D eigenvalue weighted by Gasteiger charge is -2.26. The minimum atomic E-state index is -0.580. The molecule has 0 radical (unpaired) electrons. The van der Waals surface area contributed by atoms with Crippen molar-refractivity contribution in [2.75, 3.05) is 44.8 Å². The molecule has 0 spiro atoms. The summed E-state index contributed by atoms with van der Waals surface area (Å²) in [5.74, 6) is 1.54. The van der Waals surface area contributed by atoms with E-state index < -0.39 is 6.10 Å². The van der Waals surface area contributed by atoms with E-state index in [2.05, 4.69) is 14.9 Å². The van der Waals surface area contributed by atoms with E-state index in [-0.39, 0.29) is 11.3 Å². The van der Waals surface area contributed by atoms with Gasteiger partial charge in [0.1, 0.15) is 12.1 Å². The van der Waals surface area contributed by atoms with Crippen LogP contribution in [0, 0.1) is 5.41 Å². The quantitative estimate of drug-likeness (QED) is 0.849. The minimum Gasteiger partial charge on any atom is -0.389 e. The number of rotatable bonds is 5. The standard InChI is InChI=1S/C18H26N4O3/c1-25-11-18(4-5-18)17(24)22-7-6-21(9-14(23)10-22)16-8-15(13-2-3-13)19-12-20-16/h8,12-14,23H,2-7,9-11H2,1H3/t14-/m1/s1. The van der Waals surface area contributed by atoms with Gasteiger partial charge in [-0.1, -0.05) is 0 Å². The molecule has 0 unspecified atom stereocenters. The van der Waals surface area contributed by atoms with E-state index in [1.165, 1.54) is 12.8 Å². The first-order chi connectivity index (χ1) is 12.1. The van der Waals surface area contributed by atoms with E-state index in [4.69, 9.17) is 4.74 Å². The zero-order valence-corrected chi connectivity index (χ0v) is 14.7. The molecule has 1 saturated heterocycles. The summed E-state index contributed by atoms with van der Waals surface area (Å²) in [5, 5.41) is 10.4. The molecule has 7 nitrogen and oxygen atoms in total. The molecular formula is C18H26N4O3. The molecular weight excluding hydrogens is 320 g/mol. The molecule has 2 heterocycles. The van der Waals surface area contributed by atoms with Crippen molar-refractivity contribution in [1.29, 1.82) is 0 Å². The van der Waals surface area contributed by atoms with Crippen molar-refractivity contribution in [3.63, 3.8) is 0 Å². The zero-order chi connectivity index (χ0) is 17.4. The Kier molecular flexibility index (Phi) is 4.37. The molecule has 2 saturated carbocycles. The Morgan fingerprint density at radius 3 is 2.80 bits per heavy atom. The predicted octanol–water partition coefficient (Wildman–Crippen LogP) is 0.790. The maximum Gasteiger partial charge on any atom is 0.231 e. The highest BCUT2D eigenvalue weighted by Gasteiger charge is 2.52. The van der Waals surface area contributed by atoms with Crippen LogP contribution in [-0.2, 0) is 9.53 Å². The summed E-state index contributed by atoms with van der Waals surface area (Å²) < 4.78 is 5.23. The normalized spacial score (nSPS) is 25.6. The number of hydrogen-bond donors (Lipinski definition) is 1. The Labute approximate surface area is 148 Å². The summed E-state index contributed by atoms with van der Waals surface area (Å²) in [6, 6.07) is 2.04. The smallest absolute Gasteiger partial charge is 0.231 e. The van der Waals surface area contributed by atoms with E-state index >= 15 is 0 Å². The molecule has 1 aliphatic heterocycles. The van der Waals surface area contributed by atoms with Gasteiger partial charge in [-0.15, -0.1) is 0 Å². The number of methoxy groups -OCH3 is 1. The van der Waals surface area contributed by atoms with E-state index in [0.29, 0.717) is 38.7 Å². The van der Waals surface area contributed by atoms with Gasteiger partial charge in [0, 0.05) is 51.0 Å². The second kappa shape index (κ2) is 6.53. The molecule has 1 aromatic rings. The van der Waals surface area contributed by atoms with Gasteiger partial charge < -0.3 is 19.6 Å². The van der Waals surface area contributed by atoms with Crippen molar-refractivity contribution >= 4 is 11.7 Å². The molecule has 136 valence electrons. The van der Waals surface area contributed by atoms with Crippen molar-refractivity contribution in [1.82, 2.24) is 14.9 Å². The van der Waals surface area contributed by atoms with Crippen LogP contribution in [0.25, 0.3) is 0 Å². The molecule has 4 rings (SSSR count). The molecule has 1 N–H and O–H groups in total. The van der Waals surface area contributed by atoms with Crippen LogP contribution in [0.4, 0.5) is 5.82 Å². The zero-order valence-electron chi connectivity index (χ0n) is 14.7. The summed E-state index contributed by atoms with van der Waals surface area (Å²) in [4.78, 5) is 25.5. The minimum absolute atomic E-state index is 0.122. The molecule has 3 aliphatic rings. The van der Waals surface area contributed by atoms with Crippen LogP contribution in [-0.4, -0.2) is 71.9 Å². The monoisotopic (exact) mass is 346 g/mol. The number of aliphatic hydroxyl groups is 1. The SMILES string of the molecule is COCC1(C(=O)N2CCN(c3cc(C4CC4)ncn3)C[C@@H](O)C2)CC1. The predicted molar refractivity (Wildman–Crippen MR) is 92.3 cm³/mol. The largest absolute Gasteiger partial charge is 0.389 e. The van der Waals surface area contributed by atoms with E-state index in [9.17, 15) is 9.90 Å².